The molecule has 2 N–H and O–H groups in total. The third-order valence-corrected chi connectivity index (χ3v) is 4.62. The summed E-state index contributed by atoms with van der Waals surface area (Å²) in [5.74, 6) is 0.663. The van der Waals surface area contributed by atoms with Crippen LogP contribution in [0, 0.1) is 0 Å². The summed E-state index contributed by atoms with van der Waals surface area (Å²) < 4.78 is 0. The summed E-state index contributed by atoms with van der Waals surface area (Å²) >= 11 is 5.32. The average Bonchev–Trinajstić information content (AvgIpc) is 2.61. The summed E-state index contributed by atoms with van der Waals surface area (Å²) in [5, 5.41) is 6.23. The molecule has 0 radical (unpaired) electrons. The zero-order valence-electron chi connectivity index (χ0n) is 15.3. The molecule has 0 aliphatic carbocycles. The third-order valence-electron chi connectivity index (χ3n) is 4.42. The molecule has 0 spiro atoms. The molecule has 2 aromatic carbocycles. The van der Waals surface area contributed by atoms with Crippen LogP contribution in [0.25, 0.3) is 0 Å². The van der Waals surface area contributed by atoms with Crippen LogP contribution in [-0.2, 0) is 0 Å². The van der Waals surface area contributed by atoms with Crippen LogP contribution in [0.4, 0.5) is 5.69 Å². The molecule has 2 rings (SSSR count). The minimum atomic E-state index is -0.200. The molecule has 1 amide bonds. The fourth-order valence-electron chi connectivity index (χ4n) is 2.61. The highest BCUT2D eigenvalue weighted by molar-refractivity contribution is 7.80. The van der Waals surface area contributed by atoms with E-state index in [2.05, 4.69) is 44.4 Å². The molecule has 1 unspecified atom stereocenters. The highest BCUT2D eigenvalue weighted by Crippen LogP contribution is 2.26. The summed E-state index contributed by atoms with van der Waals surface area (Å²) in [4.78, 5) is 12.4. The van der Waals surface area contributed by atoms with Gasteiger partial charge in [0.2, 0.25) is 0 Å². The zero-order valence-corrected chi connectivity index (χ0v) is 16.1. The SMILES string of the molecule is CCC(C)c1ccccc1NC(=S)NC(=O)c1ccc(C(C)C)cc1. The van der Waals surface area contributed by atoms with Crippen LogP contribution >= 0.6 is 12.2 Å². The Balaban J connectivity index is 2.04. The number of anilines is 1. The Hall–Kier alpha value is -2.20. The lowest BCUT2D eigenvalue weighted by Gasteiger charge is -2.17. The first-order valence-corrected chi connectivity index (χ1v) is 9.14. The molecule has 3 nitrogen and oxygen atoms in total. The molecule has 0 saturated carbocycles. The maximum absolute atomic E-state index is 12.4. The molecule has 0 aliphatic heterocycles. The lowest BCUT2D eigenvalue weighted by atomic mass is 9.97. The number of rotatable bonds is 5. The van der Waals surface area contributed by atoms with E-state index in [1.54, 1.807) is 0 Å². The number of benzene rings is 2. The Labute approximate surface area is 155 Å². The first-order chi connectivity index (χ1) is 11.9. The normalized spacial score (nSPS) is 11.9. The highest BCUT2D eigenvalue weighted by Gasteiger charge is 2.12. The maximum atomic E-state index is 12.4. The molecule has 0 aromatic heterocycles. The predicted molar refractivity (Wildman–Crippen MR) is 109 cm³/mol. The van der Waals surface area contributed by atoms with Crippen LogP contribution in [0.15, 0.2) is 48.5 Å². The number of amides is 1. The Morgan fingerprint density at radius 1 is 1.04 bits per heavy atom. The quantitative estimate of drug-likeness (QED) is 0.702. The standard InChI is InChI=1S/C21H26N2OS/c1-5-15(4)18-8-6-7-9-19(18)22-21(25)23-20(24)17-12-10-16(11-13-17)14(2)3/h6-15H,5H2,1-4H3,(H2,22,23,24,25). The van der Waals surface area contributed by atoms with Gasteiger partial charge in [0.1, 0.15) is 0 Å². The van der Waals surface area contributed by atoms with Crippen molar-refractivity contribution in [3.05, 3.63) is 65.2 Å². The average molecular weight is 355 g/mol. The van der Waals surface area contributed by atoms with Crippen molar-refractivity contribution in [1.29, 1.82) is 0 Å². The Kier molecular flexibility index (Phi) is 6.71. The molecule has 0 heterocycles. The van der Waals surface area contributed by atoms with Crippen LogP contribution in [0.2, 0.25) is 0 Å². The number of carbonyl (C=O) groups excluding carboxylic acids is 1. The number of para-hydroxylation sites is 1. The smallest absolute Gasteiger partial charge is 0.257 e. The largest absolute Gasteiger partial charge is 0.332 e. The minimum Gasteiger partial charge on any atom is -0.332 e. The molecule has 25 heavy (non-hydrogen) atoms. The van der Waals surface area contributed by atoms with Gasteiger partial charge in [-0.15, -0.1) is 0 Å². The van der Waals surface area contributed by atoms with Crippen LogP contribution in [-0.4, -0.2) is 11.0 Å². The van der Waals surface area contributed by atoms with Crippen molar-refractivity contribution in [2.45, 2.75) is 46.0 Å². The third kappa shape index (κ3) is 5.13. The summed E-state index contributed by atoms with van der Waals surface area (Å²) in [6.45, 7) is 8.59. The van der Waals surface area contributed by atoms with Gasteiger partial charge in [0.05, 0.1) is 0 Å². The number of nitrogens with one attached hydrogen (secondary N) is 2. The number of carbonyl (C=O) groups is 1. The van der Waals surface area contributed by atoms with Gasteiger partial charge in [0.15, 0.2) is 5.11 Å². The number of hydrogen-bond acceptors (Lipinski definition) is 2. The van der Waals surface area contributed by atoms with E-state index in [4.69, 9.17) is 12.2 Å². The van der Waals surface area contributed by atoms with Crippen LogP contribution in [0.3, 0.4) is 0 Å². The zero-order chi connectivity index (χ0) is 18.4. The molecular weight excluding hydrogens is 328 g/mol. The van der Waals surface area contributed by atoms with Crippen molar-refractivity contribution < 1.29 is 4.79 Å². The first-order valence-electron chi connectivity index (χ1n) is 8.73. The van der Waals surface area contributed by atoms with E-state index in [-0.39, 0.29) is 5.91 Å². The molecule has 2 aromatic rings. The van der Waals surface area contributed by atoms with Crippen LogP contribution in [0.1, 0.15) is 67.4 Å². The van der Waals surface area contributed by atoms with E-state index in [0.717, 1.165) is 12.1 Å². The Morgan fingerprint density at radius 2 is 1.68 bits per heavy atom. The van der Waals surface area contributed by atoms with E-state index in [0.29, 0.717) is 22.5 Å². The molecule has 132 valence electrons. The van der Waals surface area contributed by atoms with E-state index < -0.39 is 0 Å². The van der Waals surface area contributed by atoms with Crippen molar-refractivity contribution >= 4 is 28.9 Å². The van der Waals surface area contributed by atoms with E-state index in [1.165, 1.54) is 11.1 Å². The second-order valence-corrected chi connectivity index (χ2v) is 6.99. The number of hydrogen-bond donors (Lipinski definition) is 2. The summed E-state index contributed by atoms with van der Waals surface area (Å²) in [6, 6.07) is 15.7. The van der Waals surface area contributed by atoms with Gasteiger partial charge in [0.25, 0.3) is 5.91 Å². The fraction of sp³-hybridized carbons (Fsp3) is 0.333. The summed E-state index contributed by atoms with van der Waals surface area (Å²) in [5.41, 5.74) is 3.95. The predicted octanol–water partition coefficient (Wildman–Crippen LogP) is 5.45. The van der Waals surface area contributed by atoms with E-state index in [9.17, 15) is 4.79 Å². The second-order valence-electron chi connectivity index (χ2n) is 6.58. The van der Waals surface area contributed by atoms with E-state index in [1.807, 2.05) is 42.5 Å². The lowest BCUT2D eigenvalue weighted by Crippen LogP contribution is -2.34. The van der Waals surface area contributed by atoms with Gasteiger partial charge in [-0.3, -0.25) is 10.1 Å². The van der Waals surface area contributed by atoms with Gasteiger partial charge < -0.3 is 5.32 Å². The Morgan fingerprint density at radius 3 is 2.28 bits per heavy atom. The van der Waals surface area contributed by atoms with Crippen molar-refractivity contribution in [3.8, 4) is 0 Å². The second kappa shape index (κ2) is 8.77. The first kappa shape index (κ1) is 19.1. The van der Waals surface area contributed by atoms with Gasteiger partial charge >= 0.3 is 0 Å². The monoisotopic (exact) mass is 354 g/mol. The summed E-state index contributed by atoms with van der Waals surface area (Å²) in [7, 11) is 0. The van der Waals surface area contributed by atoms with Gasteiger partial charge in [-0.1, -0.05) is 58.0 Å². The topological polar surface area (TPSA) is 41.1 Å². The van der Waals surface area contributed by atoms with Gasteiger partial charge in [-0.25, -0.2) is 0 Å². The highest BCUT2D eigenvalue weighted by atomic mass is 32.1. The fourth-order valence-corrected chi connectivity index (χ4v) is 2.81. The molecule has 1 atom stereocenters. The molecular formula is C21H26N2OS. The molecule has 0 aliphatic rings. The van der Waals surface area contributed by atoms with Crippen LogP contribution < -0.4 is 10.6 Å². The Bertz CT molecular complexity index is 738. The van der Waals surface area contributed by atoms with Gasteiger partial charge in [0, 0.05) is 11.3 Å². The van der Waals surface area contributed by atoms with Gasteiger partial charge in [-0.05, 0) is 59.8 Å². The molecule has 4 heteroatoms. The van der Waals surface area contributed by atoms with Gasteiger partial charge in [-0.2, -0.15) is 0 Å². The van der Waals surface area contributed by atoms with Crippen molar-refractivity contribution in [3.63, 3.8) is 0 Å². The van der Waals surface area contributed by atoms with Crippen molar-refractivity contribution in [2.75, 3.05) is 5.32 Å². The van der Waals surface area contributed by atoms with Crippen LogP contribution in [0.5, 0.6) is 0 Å². The maximum Gasteiger partial charge on any atom is 0.257 e. The minimum absolute atomic E-state index is 0.200. The van der Waals surface area contributed by atoms with Crippen molar-refractivity contribution in [2.24, 2.45) is 0 Å². The molecule has 0 fully saturated rings. The summed E-state index contributed by atoms with van der Waals surface area (Å²) in [6.07, 6.45) is 1.04. The molecule has 0 saturated heterocycles. The molecule has 0 bridgehead atoms. The van der Waals surface area contributed by atoms with Crippen molar-refractivity contribution in [1.82, 2.24) is 5.32 Å². The number of thiocarbonyl (C=S) groups is 1. The lowest BCUT2D eigenvalue weighted by molar-refractivity contribution is 0.0977. The van der Waals surface area contributed by atoms with E-state index >= 15 is 0 Å².